The smallest absolute Gasteiger partial charge is 0.168 e. The Morgan fingerprint density at radius 3 is 2.70 bits per heavy atom. The van der Waals surface area contributed by atoms with Gasteiger partial charge in [0.15, 0.2) is 10.7 Å². The molecule has 1 aromatic carbocycles. The van der Waals surface area contributed by atoms with Crippen molar-refractivity contribution in [2.45, 2.75) is 49.1 Å². The molecule has 3 N–H and O–H groups in total. The summed E-state index contributed by atoms with van der Waals surface area (Å²) in [5, 5.41) is 10.4. The molecule has 0 unspecified atom stereocenters. The predicted octanol–water partition coefficient (Wildman–Crippen LogP) is 2.69. The number of aliphatic hydroxyl groups excluding tert-OH is 1. The second kappa shape index (κ2) is 5.58. The van der Waals surface area contributed by atoms with Crippen molar-refractivity contribution < 1.29 is 13.5 Å². The number of thiol groups is 1. The van der Waals surface area contributed by atoms with Gasteiger partial charge in [0.2, 0.25) is 0 Å². The first-order valence-electron chi connectivity index (χ1n) is 8.22. The molecule has 3 aliphatic carbocycles. The van der Waals surface area contributed by atoms with Gasteiger partial charge in [-0.3, -0.25) is 0 Å². The summed E-state index contributed by atoms with van der Waals surface area (Å²) in [6.07, 6.45) is 10.3. The largest absolute Gasteiger partial charge is 0.388 e. The molecule has 1 aromatic rings. The van der Waals surface area contributed by atoms with Crippen molar-refractivity contribution in [1.29, 1.82) is 0 Å². The van der Waals surface area contributed by atoms with Gasteiger partial charge in [0.1, 0.15) is 0 Å². The van der Waals surface area contributed by atoms with Gasteiger partial charge in [-0.1, -0.05) is 23.8 Å². The normalized spacial score (nSPS) is 30.1. The topological polar surface area (TPSA) is 80.4 Å². The highest BCUT2D eigenvalue weighted by Gasteiger charge is 2.33. The maximum atomic E-state index is 11.8. The number of nitrogens with two attached hydrogens (primary N) is 1. The summed E-state index contributed by atoms with van der Waals surface area (Å²) >= 11 is 0. The van der Waals surface area contributed by atoms with Crippen LogP contribution in [-0.2, 0) is 10.7 Å². The van der Waals surface area contributed by atoms with Crippen LogP contribution in [-0.4, -0.2) is 13.5 Å². The molecule has 3 aliphatic rings. The SMILES string of the molecule is N[C@@H]1C[C@H](O)c2c1cc([SH](=O)=O)c1c2/C=C\CC/C(C2CC2)=C\1. The lowest BCUT2D eigenvalue weighted by atomic mass is 9.90. The van der Waals surface area contributed by atoms with Crippen LogP contribution in [0.4, 0.5) is 0 Å². The molecular formula is C18H21NO3S. The molecular weight excluding hydrogens is 310 g/mol. The highest BCUT2D eigenvalue weighted by molar-refractivity contribution is 7.72. The lowest BCUT2D eigenvalue weighted by molar-refractivity contribution is 0.173. The third-order valence-corrected chi connectivity index (χ3v) is 5.95. The first-order valence-corrected chi connectivity index (χ1v) is 9.40. The molecule has 23 heavy (non-hydrogen) atoms. The molecule has 0 saturated heterocycles. The summed E-state index contributed by atoms with van der Waals surface area (Å²) in [6, 6.07) is 1.38. The van der Waals surface area contributed by atoms with E-state index in [0.29, 0.717) is 17.2 Å². The van der Waals surface area contributed by atoms with Crippen LogP contribution in [0.1, 0.15) is 66.5 Å². The van der Waals surface area contributed by atoms with Gasteiger partial charge in [0, 0.05) is 11.6 Å². The summed E-state index contributed by atoms with van der Waals surface area (Å²) in [5.74, 6) is 0.604. The molecule has 0 bridgehead atoms. The minimum Gasteiger partial charge on any atom is -0.388 e. The standard InChI is InChI=1S/C18H21NO3S/c19-15-9-16(20)18-12-4-2-1-3-11(10-5-6-10)7-13(12)17(23(21)22)8-14(15)18/h2,4,7-8,10,15-16,20,23H,1,3,5-6,9,19H2/b4-2-,11-7+/t15-,16+/m1/s1. The molecule has 4 rings (SSSR count). The molecule has 5 heteroatoms. The van der Waals surface area contributed by atoms with Gasteiger partial charge in [-0.05, 0) is 60.8 Å². The highest BCUT2D eigenvalue weighted by atomic mass is 32.2. The van der Waals surface area contributed by atoms with Crippen LogP contribution in [0.15, 0.2) is 22.6 Å². The van der Waals surface area contributed by atoms with Gasteiger partial charge in [0.25, 0.3) is 0 Å². The number of aliphatic hydroxyl groups is 1. The second-order valence-electron chi connectivity index (χ2n) is 6.78. The van der Waals surface area contributed by atoms with Crippen LogP contribution in [0, 0.1) is 5.92 Å². The van der Waals surface area contributed by atoms with E-state index in [9.17, 15) is 13.5 Å². The molecule has 0 radical (unpaired) electrons. The van der Waals surface area contributed by atoms with E-state index in [0.717, 1.165) is 35.1 Å². The van der Waals surface area contributed by atoms with E-state index in [1.807, 2.05) is 6.08 Å². The Morgan fingerprint density at radius 1 is 1.22 bits per heavy atom. The zero-order valence-electron chi connectivity index (χ0n) is 12.9. The van der Waals surface area contributed by atoms with Gasteiger partial charge in [-0.15, -0.1) is 0 Å². The summed E-state index contributed by atoms with van der Waals surface area (Å²) in [4.78, 5) is 0.336. The lowest BCUT2D eigenvalue weighted by Crippen LogP contribution is -2.07. The fourth-order valence-corrected chi connectivity index (χ4v) is 4.50. The maximum absolute atomic E-state index is 11.8. The summed E-state index contributed by atoms with van der Waals surface area (Å²) in [5.41, 5.74) is 10.6. The van der Waals surface area contributed by atoms with Gasteiger partial charge >= 0.3 is 0 Å². The molecule has 0 aliphatic heterocycles. The number of benzene rings is 1. The Labute approximate surface area is 137 Å². The molecule has 122 valence electrons. The molecule has 0 heterocycles. The van der Waals surface area contributed by atoms with Crippen molar-refractivity contribution in [2.75, 3.05) is 0 Å². The number of hydrogen-bond acceptors (Lipinski definition) is 4. The third kappa shape index (κ3) is 2.57. The van der Waals surface area contributed by atoms with Gasteiger partial charge in [-0.2, -0.15) is 0 Å². The minimum absolute atomic E-state index is 0.301. The first kappa shape index (κ1) is 15.1. The van der Waals surface area contributed by atoms with Crippen LogP contribution >= 0.6 is 0 Å². The number of rotatable bonds is 2. The predicted molar refractivity (Wildman–Crippen MR) is 90.5 cm³/mol. The van der Waals surface area contributed by atoms with Crippen molar-refractivity contribution in [1.82, 2.24) is 0 Å². The summed E-state index contributed by atoms with van der Waals surface area (Å²) in [7, 11) is -2.70. The Balaban J connectivity index is 2.02. The van der Waals surface area contributed by atoms with Crippen LogP contribution in [0.5, 0.6) is 0 Å². The van der Waals surface area contributed by atoms with Crippen LogP contribution in [0.25, 0.3) is 12.2 Å². The van der Waals surface area contributed by atoms with Gasteiger partial charge < -0.3 is 10.8 Å². The summed E-state index contributed by atoms with van der Waals surface area (Å²) in [6.45, 7) is 0. The molecule has 4 nitrogen and oxygen atoms in total. The Morgan fingerprint density at radius 2 is 2.00 bits per heavy atom. The van der Waals surface area contributed by atoms with E-state index in [1.54, 1.807) is 6.07 Å². The van der Waals surface area contributed by atoms with Gasteiger partial charge in [-0.25, -0.2) is 8.42 Å². The molecule has 1 saturated carbocycles. The van der Waals surface area contributed by atoms with E-state index >= 15 is 0 Å². The fraction of sp³-hybridized carbons (Fsp3) is 0.444. The average molecular weight is 331 g/mol. The zero-order valence-corrected chi connectivity index (χ0v) is 13.8. The van der Waals surface area contributed by atoms with Crippen LogP contribution < -0.4 is 5.73 Å². The van der Waals surface area contributed by atoms with Crippen molar-refractivity contribution in [3.63, 3.8) is 0 Å². The summed E-state index contributed by atoms with van der Waals surface area (Å²) < 4.78 is 23.7. The molecule has 0 spiro atoms. The van der Waals surface area contributed by atoms with Crippen LogP contribution in [0.2, 0.25) is 0 Å². The zero-order chi connectivity index (χ0) is 16.1. The van der Waals surface area contributed by atoms with E-state index in [-0.39, 0.29) is 6.04 Å². The highest BCUT2D eigenvalue weighted by Crippen LogP contribution is 2.46. The molecule has 2 atom stereocenters. The maximum Gasteiger partial charge on any atom is 0.168 e. The van der Waals surface area contributed by atoms with E-state index in [2.05, 4.69) is 12.2 Å². The minimum atomic E-state index is -2.70. The van der Waals surface area contributed by atoms with Crippen LogP contribution in [0.3, 0.4) is 0 Å². The first-order chi connectivity index (χ1) is 11.1. The monoisotopic (exact) mass is 331 g/mol. The second-order valence-corrected chi connectivity index (χ2v) is 7.77. The Kier molecular flexibility index (Phi) is 3.67. The van der Waals surface area contributed by atoms with Gasteiger partial charge in [0.05, 0.1) is 11.0 Å². The van der Waals surface area contributed by atoms with Crippen molar-refractivity contribution in [3.8, 4) is 0 Å². The number of allylic oxidation sites excluding steroid dienone is 2. The Hall–Kier alpha value is -1.43. The number of fused-ring (bicyclic) bond motifs is 3. The fourth-order valence-electron chi connectivity index (χ4n) is 3.87. The quantitative estimate of drug-likeness (QED) is 0.728. The van der Waals surface area contributed by atoms with E-state index in [4.69, 9.17) is 5.73 Å². The molecule has 0 aromatic heterocycles. The van der Waals surface area contributed by atoms with Crippen molar-refractivity contribution in [2.24, 2.45) is 11.7 Å². The van der Waals surface area contributed by atoms with Crippen molar-refractivity contribution >= 4 is 22.9 Å². The van der Waals surface area contributed by atoms with Crippen molar-refractivity contribution in [3.05, 3.63) is 40.0 Å². The Bertz CT molecular complexity index is 795. The number of hydrogen-bond donors (Lipinski definition) is 3. The van der Waals surface area contributed by atoms with E-state index < -0.39 is 16.8 Å². The third-order valence-electron chi connectivity index (χ3n) is 5.18. The van der Waals surface area contributed by atoms with E-state index in [1.165, 1.54) is 18.4 Å². The molecule has 1 fully saturated rings. The lowest BCUT2D eigenvalue weighted by Gasteiger charge is -2.18. The average Bonchev–Trinajstić information content (AvgIpc) is 3.26. The molecule has 0 amide bonds.